The van der Waals surface area contributed by atoms with Gasteiger partial charge >= 0.3 is 0 Å². The highest BCUT2D eigenvalue weighted by atomic mass is 79.9. The first kappa shape index (κ1) is 18.1. The molecule has 0 radical (unpaired) electrons. The first-order valence-corrected chi connectivity index (χ1v) is 10.5. The smallest absolute Gasteiger partial charge is 0.292 e. The monoisotopic (exact) mass is 481 g/mol. The number of anilines is 1. The number of pyridine rings is 1. The van der Waals surface area contributed by atoms with E-state index in [2.05, 4.69) is 66.4 Å². The van der Waals surface area contributed by atoms with Crippen LogP contribution in [-0.4, -0.2) is 26.8 Å². The third-order valence-corrected chi connectivity index (χ3v) is 6.80. The van der Waals surface area contributed by atoms with Gasteiger partial charge in [0.2, 0.25) is 0 Å². The zero-order valence-electron chi connectivity index (χ0n) is 15.3. The maximum absolute atomic E-state index is 5.54. The Bertz CT molecular complexity index is 852. The van der Waals surface area contributed by atoms with Gasteiger partial charge in [-0.2, -0.15) is 0 Å². The van der Waals surface area contributed by atoms with Crippen LogP contribution in [-0.2, 0) is 0 Å². The molecule has 26 heavy (non-hydrogen) atoms. The van der Waals surface area contributed by atoms with E-state index in [0.717, 1.165) is 33.4 Å². The molecule has 1 unspecified atom stereocenters. The van der Waals surface area contributed by atoms with Crippen LogP contribution in [0.2, 0.25) is 0 Å². The minimum absolute atomic E-state index is 0.272. The lowest BCUT2D eigenvalue weighted by Gasteiger charge is -2.32. The van der Waals surface area contributed by atoms with Gasteiger partial charge < -0.3 is 9.47 Å². The van der Waals surface area contributed by atoms with Crippen LogP contribution in [0.3, 0.4) is 0 Å². The van der Waals surface area contributed by atoms with Crippen molar-refractivity contribution >= 4 is 37.7 Å². The summed E-state index contributed by atoms with van der Waals surface area (Å²) in [5.41, 5.74) is 2.49. The van der Waals surface area contributed by atoms with Gasteiger partial charge in [0.15, 0.2) is 11.5 Å². The zero-order chi connectivity index (χ0) is 18.4. The normalized spacial score (nSPS) is 19.3. The average molecular weight is 483 g/mol. The Morgan fingerprint density at radius 1 is 1.00 bits per heavy atom. The van der Waals surface area contributed by atoms with Crippen LogP contribution < -0.4 is 18.9 Å². The summed E-state index contributed by atoms with van der Waals surface area (Å²) in [4.78, 5) is 2.57. The number of hydrogen-bond donors (Lipinski definition) is 0. The van der Waals surface area contributed by atoms with Crippen molar-refractivity contribution in [1.82, 2.24) is 0 Å². The number of hydrogen-bond acceptors (Lipinski definition) is 3. The molecular weight excluding hydrogens is 460 g/mol. The number of methoxy groups -OCH3 is 2. The second-order valence-electron chi connectivity index (χ2n) is 6.96. The highest BCUT2D eigenvalue weighted by Crippen LogP contribution is 2.41. The molecule has 0 saturated heterocycles. The summed E-state index contributed by atoms with van der Waals surface area (Å²) in [5, 5.41) is 0. The maximum Gasteiger partial charge on any atom is 0.292 e. The Morgan fingerprint density at radius 2 is 1.73 bits per heavy atom. The molecular formula is C20H23Br2N2O2+. The molecule has 2 aromatic rings. The molecule has 4 rings (SSSR count). The Kier molecular flexibility index (Phi) is 4.90. The molecule has 2 heterocycles. The fourth-order valence-electron chi connectivity index (χ4n) is 3.94. The van der Waals surface area contributed by atoms with Crippen molar-refractivity contribution in [1.29, 1.82) is 0 Å². The second-order valence-corrected chi connectivity index (χ2v) is 8.67. The molecule has 0 bridgehead atoms. The lowest BCUT2D eigenvalue weighted by molar-refractivity contribution is -0.712. The fourth-order valence-corrected chi connectivity index (χ4v) is 5.31. The van der Waals surface area contributed by atoms with E-state index in [1.54, 1.807) is 14.2 Å². The van der Waals surface area contributed by atoms with Gasteiger partial charge in [-0.25, -0.2) is 4.57 Å². The van der Waals surface area contributed by atoms with Crippen LogP contribution in [0.1, 0.15) is 36.6 Å². The topological polar surface area (TPSA) is 25.6 Å². The van der Waals surface area contributed by atoms with Gasteiger partial charge in [-0.3, -0.25) is 4.90 Å². The largest absolute Gasteiger partial charge is 0.493 e. The average Bonchev–Trinajstić information content (AvgIpc) is 3.49. The van der Waals surface area contributed by atoms with Crippen molar-refractivity contribution in [2.45, 2.75) is 38.3 Å². The third kappa shape index (κ3) is 3.01. The molecule has 1 aliphatic carbocycles. The molecule has 1 aliphatic heterocycles. The molecule has 138 valence electrons. The molecule has 1 aromatic carbocycles. The molecule has 2 aliphatic rings. The Hall–Kier alpha value is -1.27. The number of rotatable bonds is 4. The minimum atomic E-state index is 0.272. The predicted molar refractivity (Wildman–Crippen MR) is 109 cm³/mol. The van der Waals surface area contributed by atoms with Gasteiger partial charge in [0.25, 0.3) is 5.82 Å². The van der Waals surface area contributed by atoms with Gasteiger partial charge in [-0.05, 0) is 69.8 Å². The molecule has 4 nitrogen and oxygen atoms in total. The molecule has 0 spiro atoms. The van der Waals surface area contributed by atoms with Crippen LogP contribution in [0.15, 0.2) is 33.2 Å². The SMILES string of the molecule is COc1ccc(C2CCN(C3CC3)c3c(Br)cc(Br)c(C)[n+]32)cc1OC. The van der Waals surface area contributed by atoms with E-state index in [-0.39, 0.29) is 6.04 Å². The van der Waals surface area contributed by atoms with E-state index in [1.807, 2.05) is 6.07 Å². The van der Waals surface area contributed by atoms with Crippen molar-refractivity contribution in [3.8, 4) is 11.5 Å². The number of nitrogens with zero attached hydrogens (tertiary/aromatic N) is 2. The van der Waals surface area contributed by atoms with Gasteiger partial charge in [0.1, 0.15) is 16.2 Å². The van der Waals surface area contributed by atoms with Crippen LogP contribution in [0, 0.1) is 6.92 Å². The third-order valence-electron chi connectivity index (χ3n) is 5.41. The molecule has 0 amide bonds. The zero-order valence-corrected chi connectivity index (χ0v) is 18.4. The van der Waals surface area contributed by atoms with Gasteiger partial charge in [-0.15, -0.1) is 0 Å². The highest BCUT2D eigenvalue weighted by molar-refractivity contribution is 9.11. The summed E-state index contributed by atoms with van der Waals surface area (Å²) in [6.45, 7) is 3.26. The van der Waals surface area contributed by atoms with Crippen LogP contribution >= 0.6 is 31.9 Å². The quantitative estimate of drug-likeness (QED) is 0.586. The number of ether oxygens (including phenoxy) is 2. The molecule has 1 atom stereocenters. The van der Waals surface area contributed by atoms with Crippen molar-refractivity contribution in [3.05, 3.63) is 44.5 Å². The minimum Gasteiger partial charge on any atom is -0.493 e. The molecule has 1 saturated carbocycles. The molecule has 1 fully saturated rings. The number of benzene rings is 1. The molecule has 6 heteroatoms. The highest BCUT2D eigenvalue weighted by Gasteiger charge is 2.44. The van der Waals surface area contributed by atoms with Gasteiger partial charge in [0.05, 0.1) is 31.3 Å². The van der Waals surface area contributed by atoms with Gasteiger partial charge in [-0.1, -0.05) is 6.07 Å². The van der Waals surface area contributed by atoms with E-state index in [9.17, 15) is 0 Å². The van der Waals surface area contributed by atoms with E-state index in [4.69, 9.17) is 9.47 Å². The van der Waals surface area contributed by atoms with Crippen molar-refractivity contribution < 1.29 is 14.0 Å². The van der Waals surface area contributed by atoms with Crippen LogP contribution in [0.5, 0.6) is 11.5 Å². The first-order chi connectivity index (χ1) is 12.5. The lowest BCUT2D eigenvalue weighted by Crippen LogP contribution is -2.54. The van der Waals surface area contributed by atoms with Crippen LogP contribution in [0.25, 0.3) is 0 Å². The summed E-state index contributed by atoms with van der Waals surface area (Å²) in [6.07, 6.45) is 3.67. The summed E-state index contributed by atoms with van der Waals surface area (Å²) in [5.74, 6) is 2.84. The molecule has 0 N–H and O–H groups in total. The van der Waals surface area contributed by atoms with Crippen LogP contribution in [0.4, 0.5) is 5.82 Å². The van der Waals surface area contributed by atoms with E-state index < -0.39 is 0 Å². The standard InChI is InChI=1S/C20H23Br2N2O2/c1-12-15(21)11-16(22)20-23(14-5-6-14)9-8-17(24(12)20)13-4-7-18(25-2)19(10-13)26-3/h4,7,10-11,14,17H,5-6,8-9H2,1-3H3/q+1. The van der Waals surface area contributed by atoms with E-state index in [0.29, 0.717) is 6.04 Å². The summed E-state index contributed by atoms with van der Waals surface area (Å²) >= 11 is 7.55. The predicted octanol–water partition coefficient (Wildman–Crippen LogP) is 4.79. The second kappa shape index (κ2) is 7.04. The summed E-state index contributed by atoms with van der Waals surface area (Å²) in [6, 6.07) is 9.40. The Morgan fingerprint density at radius 3 is 2.38 bits per heavy atom. The van der Waals surface area contributed by atoms with Crippen molar-refractivity contribution in [2.75, 3.05) is 25.7 Å². The molecule has 1 aromatic heterocycles. The first-order valence-electron chi connectivity index (χ1n) is 8.93. The number of halogens is 2. The Labute approximate surface area is 171 Å². The van der Waals surface area contributed by atoms with Crippen molar-refractivity contribution in [3.63, 3.8) is 0 Å². The van der Waals surface area contributed by atoms with Gasteiger partial charge in [0, 0.05) is 12.0 Å². The number of fused-ring (bicyclic) bond motifs is 1. The number of aromatic nitrogens is 1. The van der Waals surface area contributed by atoms with E-state index in [1.165, 1.54) is 29.9 Å². The Balaban J connectivity index is 1.86. The fraction of sp³-hybridized carbons (Fsp3) is 0.450. The van der Waals surface area contributed by atoms with E-state index >= 15 is 0 Å². The summed E-state index contributed by atoms with van der Waals surface area (Å²) in [7, 11) is 3.37. The van der Waals surface area contributed by atoms with Crippen molar-refractivity contribution in [2.24, 2.45) is 0 Å². The lowest BCUT2D eigenvalue weighted by atomic mass is 9.99. The summed E-state index contributed by atoms with van der Waals surface area (Å²) < 4.78 is 15.7. The maximum atomic E-state index is 5.54.